The average molecular weight is 475 g/mol. The summed E-state index contributed by atoms with van der Waals surface area (Å²) in [5, 5.41) is 7.40. The van der Waals surface area contributed by atoms with Crippen LogP contribution < -0.4 is 15.8 Å². The van der Waals surface area contributed by atoms with Gasteiger partial charge < -0.3 is 15.8 Å². The van der Waals surface area contributed by atoms with Gasteiger partial charge in [-0.25, -0.2) is 13.1 Å². The van der Waals surface area contributed by atoms with Gasteiger partial charge in [0.15, 0.2) is 0 Å². The number of benzene rings is 2. The third kappa shape index (κ3) is 4.91. The van der Waals surface area contributed by atoms with E-state index in [2.05, 4.69) is 10.4 Å². The monoisotopic (exact) mass is 474 g/mol. The van der Waals surface area contributed by atoms with Crippen molar-refractivity contribution in [1.29, 1.82) is 0 Å². The van der Waals surface area contributed by atoms with Gasteiger partial charge in [-0.1, -0.05) is 13.0 Å². The van der Waals surface area contributed by atoms with Crippen molar-refractivity contribution >= 4 is 39.0 Å². The van der Waals surface area contributed by atoms with Crippen LogP contribution in [-0.2, 0) is 21.2 Å². The first-order valence-electron chi connectivity index (χ1n) is 9.92. The van der Waals surface area contributed by atoms with Crippen LogP contribution in [0.3, 0.4) is 0 Å². The van der Waals surface area contributed by atoms with Crippen molar-refractivity contribution in [1.82, 2.24) is 9.78 Å². The van der Waals surface area contributed by atoms with Crippen molar-refractivity contribution in [2.75, 3.05) is 23.9 Å². The number of rotatable bonds is 8. The predicted molar refractivity (Wildman–Crippen MR) is 126 cm³/mol. The number of aryl methyl sites for hydroxylation is 2. The smallest absolute Gasteiger partial charge is 0.246 e. The number of anilines is 2. The van der Waals surface area contributed by atoms with Crippen molar-refractivity contribution in [2.24, 2.45) is 0 Å². The Bertz CT molecular complexity index is 1240. The molecule has 1 amide bonds. The van der Waals surface area contributed by atoms with Gasteiger partial charge in [0.05, 0.1) is 12.0 Å². The summed E-state index contributed by atoms with van der Waals surface area (Å²) >= 11 is 1.25. The van der Waals surface area contributed by atoms with Crippen LogP contribution in [0.5, 0.6) is 5.75 Å². The molecule has 0 spiro atoms. The molecular formula is C22H26N4O4S2. The molecule has 0 fully saturated rings. The maximum absolute atomic E-state index is 13.3. The number of aromatic nitrogens is 2. The molecule has 3 aromatic rings. The number of sulfone groups is 1. The summed E-state index contributed by atoms with van der Waals surface area (Å²) < 4.78 is 33.0. The Hall–Kier alpha value is -2.98. The number of hydrogen-bond donors (Lipinski definition) is 2. The third-order valence-electron chi connectivity index (χ3n) is 4.92. The highest BCUT2D eigenvalue weighted by atomic mass is 32.2. The molecule has 0 bridgehead atoms. The molecule has 1 aromatic heterocycles. The number of methoxy groups -OCH3 is 1. The topological polar surface area (TPSA) is 116 Å². The van der Waals surface area contributed by atoms with E-state index in [9.17, 15) is 13.2 Å². The van der Waals surface area contributed by atoms with E-state index in [1.54, 1.807) is 12.1 Å². The molecule has 8 nitrogen and oxygen atoms in total. The minimum atomic E-state index is -3.95. The fourth-order valence-electron chi connectivity index (χ4n) is 3.07. The fraction of sp³-hybridized carbons (Fsp3) is 0.273. The Morgan fingerprint density at radius 2 is 1.84 bits per heavy atom. The molecule has 32 heavy (non-hydrogen) atoms. The third-order valence-corrected chi connectivity index (χ3v) is 7.73. The van der Waals surface area contributed by atoms with Crippen LogP contribution in [0.25, 0.3) is 0 Å². The van der Waals surface area contributed by atoms with Gasteiger partial charge in [-0.15, -0.1) is 11.8 Å². The molecule has 0 aliphatic rings. The van der Waals surface area contributed by atoms with Crippen LogP contribution in [0.1, 0.15) is 18.1 Å². The second-order valence-electron chi connectivity index (χ2n) is 7.14. The molecule has 3 rings (SSSR count). The number of nitrogen functional groups attached to an aromatic ring is 1. The highest BCUT2D eigenvalue weighted by Gasteiger charge is 2.30. The van der Waals surface area contributed by atoms with Crippen LogP contribution in [0.2, 0.25) is 0 Å². The lowest BCUT2D eigenvalue weighted by atomic mass is 10.1. The summed E-state index contributed by atoms with van der Waals surface area (Å²) in [5.41, 5.74) is 9.03. The molecule has 2 aromatic carbocycles. The first-order chi connectivity index (χ1) is 15.2. The molecular weight excluding hydrogens is 448 g/mol. The molecule has 0 radical (unpaired) electrons. The first-order valence-corrected chi connectivity index (χ1v) is 12.4. The highest BCUT2D eigenvalue weighted by Crippen LogP contribution is 2.35. The van der Waals surface area contributed by atoms with Gasteiger partial charge in [0.2, 0.25) is 15.7 Å². The summed E-state index contributed by atoms with van der Waals surface area (Å²) in [6.45, 7) is 5.62. The number of amides is 1. The van der Waals surface area contributed by atoms with Gasteiger partial charge >= 0.3 is 0 Å². The van der Waals surface area contributed by atoms with E-state index in [-0.39, 0.29) is 33.1 Å². The normalized spacial score (nSPS) is 11.4. The van der Waals surface area contributed by atoms with Gasteiger partial charge in [0.25, 0.3) is 0 Å². The van der Waals surface area contributed by atoms with Crippen LogP contribution in [0, 0.1) is 13.8 Å². The van der Waals surface area contributed by atoms with E-state index in [1.165, 1.54) is 35.7 Å². The summed E-state index contributed by atoms with van der Waals surface area (Å²) in [7, 11) is -2.44. The van der Waals surface area contributed by atoms with Crippen LogP contribution >= 0.6 is 11.8 Å². The van der Waals surface area contributed by atoms with Gasteiger partial charge in [0.1, 0.15) is 28.0 Å². The Morgan fingerprint density at radius 1 is 1.16 bits per heavy atom. The summed E-state index contributed by atoms with van der Waals surface area (Å²) in [6, 6.07) is 11.6. The lowest BCUT2D eigenvalue weighted by molar-refractivity contribution is -0.116. The summed E-state index contributed by atoms with van der Waals surface area (Å²) in [5.74, 6) is 0.700. The van der Waals surface area contributed by atoms with Gasteiger partial charge in [0, 0.05) is 5.69 Å². The number of carbonyl (C=O) groups excluding carboxylic acids is 1. The Balaban J connectivity index is 1.92. The second kappa shape index (κ2) is 9.66. The Kier molecular flexibility index (Phi) is 7.15. The molecule has 0 aliphatic carbocycles. The molecule has 1 heterocycles. The quantitative estimate of drug-likeness (QED) is 0.478. The number of thioether (sulfide) groups is 1. The van der Waals surface area contributed by atoms with Gasteiger partial charge in [-0.2, -0.15) is 5.10 Å². The minimum absolute atomic E-state index is 0.0714. The SMILES string of the molecule is CCSc1nn(CC(=O)Nc2ccc(C)c(C)c2)c(N)c1S(=O)(=O)c1ccc(OC)cc1. The number of hydrogen-bond acceptors (Lipinski definition) is 7. The maximum atomic E-state index is 13.3. The van der Waals surface area contributed by atoms with Crippen LogP contribution in [0.15, 0.2) is 57.3 Å². The average Bonchev–Trinajstić information content (AvgIpc) is 3.06. The van der Waals surface area contributed by atoms with E-state index in [0.29, 0.717) is 17.2 Å². The zero-order valence-corrected chi connectivity index (χ0v) is 20.0. The number of nitrogens with zero attached hydrogens (tertiary/aromatic N) is 2. The maximum Gasteiger partial charge on any atom is 0.246 e. The zero-order chi connectivity index (χ0) is 23.5. The van der Waals surface area contributed by atoms with Crippen molar-refractivity contribution < 1.29 is 17.9 Å². The van der Waals surface area contributed by atoms with E-state index in [4.69, 9.17) is 10.5 Å². The molecule has 0 aliphatic heterocycles. The molecule has 10 heteroatoms. The fourth-order valence-corrected chi connectivity index (χ4v) is 5.62. The number of nitrogens with one attached hydrogen (secondary N) is 1. The second-order valence-corrected chi connectivity index (χ2v) is 10.3. The van der Waals surface area contributed by atoms with Crippen molar-refractivity contribution in [2.45, 2.75) is 42.1 Å². The first kappa shape index (κ1) is 23.7. The molecule has 0 atom stereocenters. The summed E-state index contributed by atoms with van der Waals surface area (Å²) in [4.78, 5) is 12.6. The lowest BCUT2D eigenvalue weighted by Crippen LogP contribution is -2.21. The highest BCUT2D eigenvalue weighted by molar-refractivity contribution is 8.00. The number of nitrogens with two attached hydrogens (primary N) is 1. The van der Waals surface area contributed by atoms with Crippen LogP contribution in [-0.4, -0.2) is 37.0 Å². The Labute approximate surface area is 192 Å². The number of carbonyl (C=O) groups is 1. The molecule has 170 valence electrons. The van der Waals surface area contributed by atoms with Crippen LogP contribution in [0.4, 0.5) is 11.5 Å². The molecule has 0 saturated carbocycles. The number of ether oxygens (including phenoxy) is 1. The van der Waals surface area contributed by atoms with E-state index in [0.717, 1.165) is 11.1 Å². The predicted octanol–water partition coefficient (Wildman–Crippen LogP) is 3.67. The lowest BCUT2D eigenvalue weighted by Gasteiger charge is -2.09. The minimum Gasteiger partial charge on any atom is -0.497 e. The van der Waals surface area contributed by atoms with Crippen molar-refractivity contribution in [3.05, 3.63) is 53.6 Å². The zero-order valence-electron chi connectivity index (χ0n) is 18.4. The van der Waals surface area contributed by atoms with Crippen molar-refractivity contribution in [3.63, 3.8) is 0 Å². The molecule has 0 unspecified atom stereocenters. The largest absolute Gasteiger partial charge is 0.497 e. The van der Waals surface area contributed by atoms with Gasteiger partial charge in [-0.05, 0) is 67.1 Å². The molecule has 0 saturated heterocycles. The molecule has 3 N–H and O–H groups in total. The van der Waals surface area contributed by atoms with E-state index < -0.39 is 9.84 Å². The summed E-state index contributed by atoms with van der Waals surface area (Å²) in [6.07, 6.45) is 0. The van der Waals surface area contributed by atoms with E-state index in [1.807, 2.05) is 39.0 Å². The van der Waals surface area contributed by atoms with Gasteiger partial charge in [-0.3, -0.25) is 4.79 Å². The van der Waals surface area contributed by atoms with Crippen molar-refractivity contribution in [3.8, 4) is 5.75 Å². The Morgan fingerprint density at radius 3 is 2.44 bits per heavy atom. The standard InChI is InChI=1S/C22H26N4O4S2/c1-5-31-22-20(32(28,29)18-10-8-17(30-4)9-11-18)21(23)26(25-22)13-19(27)24-16-7-6-14(2)15(3)12-16/h6-12H,5,13,23H2,1-4H3,(H,24,27). The van der Waals surface area contributed by atoms with E-state index >= 15 is 0 Å².